The van der Waals surface area contributed by atoms with Gasteiger partial charge in [0.05, 0.1) is 5.60 Å². The van der Waals surface area contributed by atoms with Crippen molar-refractivity contribution in [1.29, 1.82) is 0 Å². The second-order valence-electron chi connectivity index (χ2n) is 8.51. The van der Waals surface area contributed by atoms with Gasteiger partial charge in [-0.15, -0.1) is 0 Å². The van der Waals surface area contributed by atoms with Crippen LogP contribution in [0.5, 0.6) is 0 Å². The van der Waals surface area contributed by atoms with E-state index < -0.39 is 0 Å². The predicted octanol–water partition coefficient (Wildman–Crippen LogP) is 6.13. The lowest BCUT2D eigenvalue weighted by Crippen LogP contribution is -2.47. The Bertz CT molecular complexity index is 835. The lowest BCUT2D eigenvalue weighted by molar-refractivity contribution is -0.138. The van der Waals surface area contributed by atoms with Crippen molar-refractivity contribution in [3.63, 3.8) is 0 Å². The minimum Gasteiger partial charge on any atom is -0.375 e. The van der Waals surface area contributed by atoms with Gasteiger partial charge in [0.25, 0.3) is 0 Å². The molecule has 1 heterocycles. The fraction of sp³-hybridized carbons (Fsp3) is 0.458. The number of halogens is 2. The van der Waals surface area contributed by atoms with Crippen LogP contribution in [0.15, 0.2) is 48.5 Å². The SMILES string of the molecule is CN(C(=O)C[C@@H](Cc1ccccc1Cl)c1ccc(Cl)cc1)[C@@H]1CCOC(C)(C)C1. The summed E-state index contributed by atoms with van der Waals surface area (Å²) in [5, 5.41) is 1.43. The molecule has 3 nitrogen and oxygen atoms in total. The van der Waals surface area contributed by atoms with Gasteiger partial charge in [-0.05, 0) is 68.4 Å². The minimum absolute atomic E-state index is 0.0370. The summed E-state index contributed by atoms with van der Waals surface area (Å²) in [6, 6.07) is 15.8. The molecule has 1 fully saturated rings. The molecule has 0 N–H and O–H groups in total. The molecule has 3 rings (SSSR count). The molecule has 1 aliphatic rings. The van der Waals surface area contributed by atoms with Gasteiger partial charge in [-0.2, -0.15) is 0 Å². The Labute approximate surface area is 184 Å². The topological polar surface area (TPSA) is 29.5 Å². The molecule has 2 aromatic rings. The average molecular weight is 434 g/mol. The first kappa shape index (κ1) is 22.1. The number of carbonyl (C=O) groups is 1. The second-order valence-corrected chi connectivity index (χ2v) is 9.35. The van der Waals surface area contributed by atoms with E-state index in [2.05, 4.69) is 13.8 Å². The molecule has 156 valence electrons. The third kappa shape index (κ3) is 5.97. The number of rotatable bonds is 6. The third-order valence-electron chi connectivity index (χ3n) is 5.80. The van der Waals surface area contributed by atoms with Crippen LogP contribution < -0.4 is 0 Å². The zero-order chi connectivity index (χ0) is 21.0. The van der Waals surface area contributed by atoms with Crippen LogP contribution in [0.2, 0.25) is 10.0 Å². The van der Waals surface area contributed by atoms with Gasteiger partial charge in [0.1, 0.15) is 0 Å². The lowest BCUT2D eigenvalue weighted by atomic mass is 9.88. The fourth-order valence-electron chi connectivity index (χ4n) is 4.06. The molecule has 0 saturated carbocycles. The third-order valence-corrected chi connectivity index (χ3v) is 6.42. The summed E-state index contributed by atoms with van der Waals surface area (Å²) in [7, 11) is 1.92. The Hall–Kier alpha value is -1.55. The van der Waals surface area contributed by atoms with Gasteiger partial charge >= 0.3 is 0 Å². The van der Waals surface area contributed by atoms with Gasteiger partial charge in [-0.25, -0.2) is 0 Å². The number of hydrogen-bond donors (Lipinski definition) is 0. The number of nitrogens with zero attached hydrogens (tertiary/aromatic N) is 1. The molecule has 1 aliphatic heterocycles. The Balaban J connectivity index is 1.77. The Kier molecular flexibility index (Phi) is 7.26. The molecule has 5 heteroatoms. The fourth-order valence-corrected chi connectivity index (χ4v) is 4.40. The van der Waals surface area contributed by atoms with Crippen molar-refractivity contribution in [3.8, 4) is 0 Å². The molecule has 0 aromatic heterocycles. The normalized spacial score (nSPS) is 19.6. The van der Waals surface area contributed by atoms with Gasteiger partial charge in [0, 0.05) is 36.2 Å². The monoisotopic (exact) mass is 433 g/mol. The van der Waals surface area contributed by atoms with Crippen molar-refractivity contribution >= 4 is 29.1 Å². The number of hydrogen-bond acceptors (Lipinski definition) is 2. The van der Waals surface area contributed by atoms with E-state index in [-0.39, 0.29) is 23.5 Å². The second kappa shape index (κ2) is 9.51. The molecule has 0 spiro atoms. The molecule has 2 atom stereocenters. The zero-order valence-corrected chi connectivity index (χ0v) is 18.8. The summed E-state index contributed by atoms with van der Waals surface area (Å²) >= 11 is 12.5. The van der Waals surface area contributed by atoms with Gasteiger partial charge in [-0.1, -0.05) is 53.5 Å². The number of amides is 1. The van der Waals surface area contributed by atoms with Crippen LogP contribution in [-0.4, -0.2) is 36.1 Å². The van der Waals surface area contributed by atoms with Crippen LogP contribution >= 0.6 is 23.2 Å². The maximum absolute atomic E-state index is 13.2. The molecular formula is C24H29Cl2NO2. The number of carbonyl (C=O) groups excluding carboxylic acids is 1. The van der Waals surface area contributed by atoms with Crippen molar-refractivity contribution in [2.24, 2.45) is 0 Å². The van der Waals surface area contributed by atoms with E-state index in [9.17, 15) is 4.79 Å². The van der Waals surface area contributed by atoms with Crippen LogP contribution in [0.3, 0.4) is 0 Å². The molecule has 0 radical (unpaired) electrons. The van der Waals surface area contributed by atoms with Crippen molar-refractivity contribution in [2.75, 3.05) is 13.7 Å². The highest BCUT2D eigenvalue weighted by molar-refractivity contribution is 6.31. The van der Waals surface area contributed by atoms with Crippen LogP contribution in [0.4, 0.5) is 0 Å². The van der Waals surface area contributed by atoms with Gasteiger partial charge in [0.15, 0.2) is 0 Å². The van der Waals surface area contributed by atoms with Crippen molar-refractivity contribution in [2.45, 2.75) is 57.1 Å². The predicted molar refractivity (Wildman–Crippen MR) is 120 cm³/mol. The van der Waals surface area contributed by atoms with E-state index in [1.54, 1.807) is 0 Å². The van der Waals surface area contributed by atoms with Crippen LogP contribution in [0, 0.1) is 0 Å². The van der Waals surface area contributed by atoms with E-state index in [4.69, 9.17) is 27.9 Å². The summed E-state index contributed by atoms with van der Waals surface area (Å²) in [4.78, 5) is 15.1. The highest BCUT2D eigenvalue weighted by Gasteiger charge is 2.33. The first-order chi connectivity index (χ1) is 13.7. The summed E-state index contributed by atoms with van der Waals surface area (Å²) < 4.78 is 5.81. The van der Waals surface area contributed by atoms with E-state index in [0.29, 0.717) is 24.5 Å². The minimum atomic E-state index is -0.190. The summed E-state index contributed by atoms with van der Waals surface area (Å²) in [5.41, 5.74) is 1.96. The molecular weight excluding hydrogens is 405 g/mol. The highest BCUT2D eigenvalue weighted by Crippen LogP contribution is 2.31. The van der Waals surface area contributed by atoms with Gasteiger partial charge in [-0.3, -0.25) is 4.79 Å². The van der Waals surface area contributed by atoms with E-state index in [0.717, 1.165) is 29.0 Å². The van der Waals surface area contributed by atoms with Crippen LogP contribution in [-0.2, 0) is 16.0 Å². The standard InChI is InChI=1S/C24H29Cl2NO2/c1-24(2)16-21(12-13-29-24)27(3)23(28)15-19(17-8-10-20(25)11-9-17)14-18-6-4-5-7-22(18)26/h4-11,19,21H,12-16H2,1-3H3/t19-,21-/m1/s1. The van der Waals surface area contributed by atoms with Crippen molar-refractivity contribution in [3.05, 3.63) is 69.7 Å². The molecule has 1 saturated heterocycles. The average Bonchev–Trinajstić information content (AvgIpc) is 2.68. The number of benzene rings is 2. The van der Waals surface area contributed by atoms with Crippen LogP contribution in [0.1, 0.15) is 50.2 Å². The summed E-state index contributed by atoms with van der Waals surface area (Å²) in [6.07, 6.45) is 2.87. The lowest BCUT2D eigenvalue weighted by Gasteiger charge is -2.40. The zero-order valence-electron chi connectivity index (χ0n) is 17.3. The molecule has 29 heavy (non-hydrogen) atoms. The van der Waals surface area contributed by atoms with E-state index in [1.807, 2.05) is 60.5 Å². The molecule has 2 aromatic carbocycles. The smallest absolute Gasteiger partial charge is 0.223 e. The Morgan fingerprint density at radius 2 is 1.86 bits per heavy atom. The van der Waals surface area contributed by atoms with Crippen molar-refractivity contribution < 1.29 is 9.53 Å². The molecule has 1 amide bonds. The largest absolute Gasteiger partial charge is 0.375 e. The first-order valence-corrected chi connectivity index (χ1v) is 10.9. The molecule has 0 unspecified atom stereocenters. The van der Waals surface area contributed by atoms with Gasteiger partial charge in [0.2, 0.25) is 5.91 Å². The van der Waals surface area contributed by atoms with E-state index in [1.165, 1.54) is 0 Å². The first-order valence-electron chi connectivity index (χ1n) is 10.1. The summed E-state index contributed by atoms with van der Waals surface area (Å²) in [5.74, 6) is 0.190. The van der Waals surface area contributed by atoms with E-state index >= 15 is 0 Å². The summed E-state index contributed by atoms with van der Waals surface area (Å²) in [6.45, 7) is 4.87. The Morgan fingerprint density at radius 3 is 2.52 bits per heavy atom. The van der Waals surface area contributed by atoms with Gasteiger partial charge < -0.3 is 9.64 Å². The maximum atomic E-state index is 13.2. The Morgan fingerprint density at radius 1 is 1.17 bits per heavy atom. The quantitative estimate of drug-likeness (QED) is 0.548. The highest BCUT2D eigenvalue weighted by atomic mass is 35.5. The maximum Gasteiger partial charge on any atom is 0.223 e. The molecule has 0 bridgehead atoms. The van der Waals surface area contributed by atoms with Crippen molar-refractivity contribution in [1.82, 2.24) is 4.90 Å². The van der Waals surface area contributed by atoms with Crippen LogP contribution in [0.25, 0.3) is 0 Å². The molecule has 0 aliphatic carbocycles. The number of ether oxygens (including phenoxy) is 1.